The lowest BCUT2D eigenvalue weighted by molar-refractivity contribution is 0.362. The van der Waals surface area contributed by atoms with Crippen molar-refractivity contribution >= 4 is 0 Å². The Bertz CT molecular complexity index is 90.2. The van der Waals surface area contributed by atoms with Crippen LogP contribution in [0, 0.1) is 17.8 Å². The molecule has 1 unspecified atom stereocenters. The lowest BCUT2D eigenvalue weighted by Gasteiger charge is -2.31. The van der Waals surface area contributed by atoms with E-state index in [4.69, 9.17) is 0 Å². The standard InChI is InChI=1S/C10H19/c1-8(2)7-9(3)10-5-4-6-10/h8-9H,4-7H2,1-3H3. The van der Waals surface area contributed by atoms with E-state index in [9.17, 15) is 0 Å². The third-order valence-electron chi connectivity index (χ3n) is 2.52. The first-order valence-electron chi connectivity index (χ1n) is 4.54. The van der Waals surface area contributed by atoms with Gasteiger partial charge in [-0.3, -0.25) is 0 Å². The zero-order valence-corrected chi connectivity index (χ0v) is 7.48. The average molecular weight is 139 g/mol. The highest BCUT2D eigenvalue weighted by atomic mass is 14.3. The highest BCUT2D eigenvalue weighted by molar-refractivity contribution is 5.02. The molecule has 0 aromatic rings. The summed E-state index contributed by atoms with van der Waals surface area (Å²) in [6.07, 6.45) is 5.70. The van der Waals surface area contributed by atoms with Crippen molar-refractivity contribution in [2.75, 3.05) is 0 Å². The second kappa shape index (κ2) is 3.41. The Kier molecular flexibility index (Phi) is 2.76. The van der Waals surface area contributed by atoms with Crippen LogP contribution in [0.3, 0.4) is 0 Å². The van der Waals surface area contributed by atoms with Crippen LogP contribution in [0.25, 0.3) is 0 Å². The lowest BCUT2D eigenvalue weighted by Crippen LogP contribution is -2.18. The van der Waals surface area contributed by atoms with Gasteiger partial charge in [-0.1, -0.05) is 27.2 Å². The van der Waals surface area contributed by atoms with Gasteiger partial charge in [-0.25, -0.2) is 0 Å². The van der Waals surface area contributed by atoms with Gasteiger partial charge in [0.05, 0.1) is 0 Å². The minimum absolute atomic E-state index is 0.878. The van der Waals surface area contributed by atoms with Crippen molar-refractivity contribution in [2.24, 2.45) is 11.8 Å². The third-order valence-corrected chi connectivity index (χ3v) is 2.52. The highest BCUT2D eigenvalue weighted by Crippen LogP contribution is 2.38. The van der Waals surface area contributed by atoms with E-state index in [0.717, 1.165) is 11.8 Å². The fraction of sp³-hybridized carbons (Fsp3) is 0.900. The summed E-state index contributed by atoms with van der Waals surface area (Å²) >= 11 is 0. The Morgan fingerprint density at radius 1 is 1.20 bits per heavy atom. The van der Waals surface area contributed by atoms with Crippen LogP contribution in [-0.4, -0.2) is 0 Å². The summed E-state index contributed by atoms with van der Waals surface area (Å²) in [5.74, 6) is 3.62. The first-order valence-corrected chi connectivity index (χ1v) is 4.54. The molecule has 0 nitrogen and oxygen atoms in total. The van der Waals surface area contributed by atoms with E-state index in [1.807, 2.05) is 5.92 Å². The predicted octanol–water partition coefficient (Wildman–Crippen LogP) is 3.43. The Morgan fingerprint density at radius 2 is 1.80 bits per heavy atom. The summed E-state index contributed by atoms with van der Waals surface area (Å²) in [6.45, 7) is 7.01. The van der Waals surface area contributed by atoms with Gasteiger partial charge in [0.15, 0.2) is 0 Å². The average Bonchev–Trinajstić information content (AvgIpc) is 1.55. The molecule has 0 aromatic heterocycles. The Morgan fingerprint density at radius 3 is 2.10 bits per heavy atom. The van der Waals surface area contributed by atoms with Crippen LogP contribution in [0.1, 0.15) is 46.5 Å². The van der Waals surface area contributed by atoms with Crippen molar-refractivity contribution < 1.29 is 0 Å². The Labute approximate surface area is 65.0 Å². The molecule has 1 radical (unpaired) electrons. The Balaban J connectivity index is 2.13. The minimum Gasteiger partial charge on any atom is -0.0628 e. The quantitative estimate of drug-likeness (QED) is 0.562. The van der Waals surface area contributed by atoms with Crippen molar-refractivity contribution in [3.05, 3.63) is 5.92 Å². The van der Waals surface area contributed by atoms with Crippen LogP contribution in [0.15, 0.2) is 0 Å². The van der Waals surface area contributed by atoms with Crippen molar-refractivity contribution in [3.8, 4) is 0 Å². The van der Waals surface area contributed by atoms with Crippen LogP contribution >= 0.6 is 0 Å². The topological polar surface area (TPSA) is 0 Å². The smallest absolute Gasteiger partial charge is 0.0213 e. The van der Waals surface area contributed by atoms with Gasteiger partial charge in [0.1, 0.15) is 0 Å². The maximum atomic E-state index is 2.38. The van der Waals surface area contributed by atoms with Crippen molar-refractivity contribution in [1.82, 2.24) is 0 Å². The van der Waals surface area contributed by atoms with Crippen LogP contribution in [0.4, 0.5) is 0 Å². The molecule has 1 saturated carbocycles. The molecule has 1 fully saturated rings. The molecular formula is C10H19. The zero-order chi connectivity index (χ0) is 7.56. The van der Waals surface area contributed by atoms with E-state index in [1.54, 1.807) is 0 Å². The molecule has 0 spiro atoms. The van der Waals surface area contributed by atoms with E-state index < -0.39 is 0 Å². The van der Waals surface area contributed by atoms with Crippen LogP contribution in [0.5, 0.6) is 0 Å². The molecule has 0 bridgehead atoms. The molecule has 0 amide bonds. The van der Waals surface area contributed by atoms with Crippen LogP contribution in [0.2, 0.25) is 0 Å². The van der Waals surface area contributed by atoms with Crippen molar-refractivity contribution in [2.45, 2.75) is 46.5 Å². The van der Waals surface area contributed by atoms with Gasteiger partial charge in [-0.2, -0.15) is 0 Å². The van der Waals surface area contributed by atoms with Gasteiger partial charge in [-0.15, -0.1) is 0 Å². The minimum atomic E-state index is 0.878. The van der Waals surface area contributed by atoms with Gasteiger partial charge < -0.3 is 0 Å². The summed E-state index contributed by atoms with van der Waals surface area (Å²) < 4.78 is 0. The molecule has 59 valence electrons. The summed E-state index contributed by atoms with van der Waals surface area (Å²) in [6, 6.07) is 0. The monoisotopic (exact) mass is 139 g/mol. The molecule has 0 heteroatoms. The highest BCUT2D eigenvalue weighted by Gasteiger charge is 2.24. The molecule has 1 aliphatic carbocycles. The second-order valence-corrected chi connectivity index (χ2v) is 4.04. The fourth-order valence-electron chi connectivity index (χ4n) is 1.75. The normalized spacial score (nSPS) is 22.8. The van der Waals surface area contributed by atoms with E-state index in [-0.39, 0.29) is 0 Å². The summed E-state index contributed by atoms with van der Waals surface area (Å²) in [4.78, 5) is 0. The van der Waals surface area contributed by atoms with E-state index >= 15 is 0 Å². The number of rotatable bonds is 3. The molecule has 1 atom stereocenters. The van der Waals surface area contributed by atoms with E-state index in [2.05, 4.69) is 20.8 Å². The first kappa shape index (κ1) is 8.10. The predicted molar refractivity (Wildman–Crippen MR) is 45.7 cm³/mol. The molecule has 0 aliphatic heterocycles. The van der Waals surface area contributed by atoms with Gasteiger partial charge in [-0.05, 0) is 37.0 Å². The molecule has 0 aromatic carbocycles. The molecule has 10 heavy (non-hydrogen) atoms. The number of hydrogen-bond acceptors (Lipinski definition) is 0. The SMILES string of the molecule is CC(C)CC(C)[C]1CCC1. The molecular weight excluding hydrogens is 120 g/mol. The lowest BCUT2D eigenvalue weighted by atomic mass is 9.74. The van der Waals surface area contributed by atoms with Gasteiger partial charge in [0.2, 0.25) is 0 Å². The summed E-state index contributed by atoms with van der Waals surface area (Å²) in [5, 5.41) is 0. The first-order chi connectivity index (χ1) is 4.70. The van der Waals surface area contributed by atoms with Crippen molar-refractivity contribution in [1.29, 1.82) is 0 Å². The molecule has 1 aliphatic rings. The maximum absolute atomic E-state index is 2.38. The number of hydrogen-bond donors (Lipinski definition) is 0. The molecule has 1 rings (SSSR count). The van der Waals surface area contributed by atoms with Gasteiger partial charge >= 0.3 is 0 Å². The summed E-state index contributed by atoms with van der Waals surface area (Å²) in [5.41, 5.74) is 0. The van der Waals surface area contributed by atoms with Crippen molar-refractivity contribution in [3.63, 3.8) is 0 Å². The van der Waals surface area contributed by atoms with Crippen LogP contribution in [-0.2, 0) is 0 Å². The van der Waals surface area contributed by atoms with E-state index in [1.165, 1.54) is 25.7 Å². The summed E-state index contributed by atoms with van der Waals surface area (Å²) in [7, 11) is 0. The Hall–Kier alpha value is 0. The fourth-order valence-corrected chi connectivity index (χ4v) is 1.75. The molecule has 0 N–H and O–H groups in total. The van der Waals surface area contributed by atoms with Gasteiger partial charge in [0, 0.05) is 0 Å². The zero-order valence-electron chi connectivity index (χ0n) is 7.48. The third kappa shape index (κ3) is 2.00. The molecule has 0 saturated heterocycles. The second-order valence-electron chi connectivity index (χ2n) is 4.04. The maximum Gasteiger partial charge on any atom is -0.0213 e. The van der Waals surface area contributed by atoms with E-state index in [0.29, 0.717) is 0 Å². The molecule has 0 heterocycles. The van der Waals surface area contributed by atoms with Crippen LogP contribution < -0.4 is 0 Å². The van der Waals surface area contributed by atoms with Gasteiger partial charge in [0.25, 0.3) is 0 Å². The largest absolute Gasteiger partial charge is 0.0628 e.